The molecule has 1 aliphatic heterocycles. The summed E-state index contributed by atoms with van der Waals surface area (Å²) < 4.78 is 3.82. The summed E-state index contributed by atoms with van der Waals surface area (Å²) in [6.07, 6.45) is 6.91. The number of nitrogens with zero attached hydrogens (tertiary/aromatic N) is 6. The molecule has 0 saturated carbocycles. The molecule has 3 aromatic rings. The summed E-state index contributed by atoms with van der Waals surface area (Å²) in [5.41, 5.74) is -0.299. The highest BCUT2D eigenvalue weighted by Crippen LogP contribution is 2.33. The third-order valence-electron chi connectivity index (χ3n) is 5.16. The Balaban J connectivity index is 1.74. The predicted molar refractivity (Wildman–Crippen MR) is 102 cm³/mol. The van der Waals surface area contributed by atoms with E-state index in [0.717, 1.165) is 6.42 Å². The van der Waals surface area contributed by atoms with Crippen LogP contribution in [0.3, 0.4) is 0 Å². The van der Waals surface area contributed by atoms with E-state index >= 15 is 0 Å². The molecule has 0 aliphatic carbocycles. The van der Waals surface area contributed by atoms with Crippen molar-refractivity contribution >= 4 is 29.3 Å². The molecular formula is C18H23N7O2. The second-order valence-corrected chi connectivity index (χ2v) is 7.34. The zero-order valence-corrected chi connectivity index (χ0v) is 15.6. The largest absolute Gasteiger partial charge is 0.480 e. The van der Waals surface area contributed by atoms with Crippen LogP contribution in [-0.2, 0) is 4.79 Å². The molecule has 0 amide bonds. The number of hydrogen-bond donors (Lipinski definition) is 2. The van der Waals surface area contributed by atoms with Crippen LogP contribution in [0.5, 0.6) is 0 Å². The topological polar surface area (TPSA) is 101 Å². The van der Waals surface area contributed by atoms with Crippen molar-refractivity contribution in [3.63, 3.8) is 0 Å². The highest BCUT2D eigenvalue weighted by molar-refractivity contribution is 5.83. The van der Waals surface area contributed by atoms with Gasteiger partial charge in [0, 0.05) is 25.0 Å². The van der Waals surface area contributed by atoms with E-state index in [1.165, 1.54) is 0 Å². The molecule has 2 N–H and O–H groups in total. The molecule has 1 fully saturated rings. The Bertz CT molecular complexity index is 993. The lowest BCUT2D eigenvalue weighted by atomic mass is 10.00. The molecule has 4 rings (SSSR count). The lowest BCUT2D eigenvalue weighted by molar-refractivity contribution is -0.142. The molecule has 4 heterocycles. The molecule has 1 aliphatic rings. The lowest BCUT2D eigenvalue weighted by Gasteiger charge is -2.31. The summed E-state index contributed by atoms with van der Waals surface area (Å²) in [7, 11) is 0. The summed E-state index contributed by atoms with van der Waals surface area (Å²) in [4.78, 5) is 27.2. The molecule has 3 aromatic heterocycles. The van der Waals surface area contributed by atoms with Gasteiger partial charge in [-0.3, -0.25) is 4.40 Å². The van der Waals surface area contributed by atoms with Crippen LogP contribution in [-0.4, -0.2) is 47.1 Å². The molecule has 1 saturated heterocycles. The highest BCUT2D eigenvalue weighted by atomic mass is 16.4. The minimum atomic E-state index is -0.999. The number of anilines is 3. The standard InChI is InChI=1S/C18H23N7O2/c1-12(2)23-10-13(19-11-23)20-16-22-17(21-14-6-4-8-24(14)16)25-9-5-7-18(25,3)15(26)27/h4,6,8,10-12H,5,7,9H2,1-3H3,(H,26,27)(H,20,21,22). The van der Waals surface area contributed by atoms with Gasteiger partial charge in [0.1, 0.15) is 11.2 Å². The van der Waals surface area contributed by atoms with Crippen molar-refractivity contribution in [1.82, 2.24) is 23.9 Å². The van der Waals surface area contributed by atoms with E-state index in [-0.39, 0.29) is 0 Å². The van der Waals surface area contributed by atoms with Gasteiger partial charge in [0.25, 0.3) is 0 Å². The molecule has 0 bridgehead atoms. The maximum atomic E-state index is 11.8. The number of fused-ring (bicyclic) bond motifs is 1. The molecule has 1 atom stereocenters. The molecule has 9 nitrogen and oxygen atoms in total. The van der Waals surface area contributed by atoms with Crippen molar-refractivity contribution in [1.29, 1.82) is 0 Å². The smallest absolute Gasteiger partial charge is 0.329 e. The first-order chi connectivity index (χ1) is 12.9. The Morgan fingerprint density at radius 1 is 1.37 bits per heavy atom. The van der Waals surface area contributed by atoms with Crippen molar-refractivity contribution in [3.05, 3.63) is 30.9 Å². The molecular weight excluding hydrogens is 346 g/mol. The summed E-state index contributed by atoms with van der Waals surface area (Å²) in [6.45, 7) is 6.50. The van der Waals surface area contributed by atoms with Crippen LogP contribution in [0.15, 0.2) is 30.9 Å². The van der Waals surface area contributed by atoms with Gasteiger partial charge >= 0.3 is 5.97 Å². The fourth-order valence-electron chi connectivity index (χ4n) is 3.43. The van der Waals surface area contributed by atoms with Gasteiger partial charge in [-0.2, -0.15) is 9.97 Å². The average Bonchev–Trinajstić information content (AvgIpc) is 3.33. The number of carboxylic acid groups (broad SMARTS) is 1. The second-order valence-electron chi connectivity index (χ2n) is 7.34. The fourth-order valence-corrected chi connectivity index (χ4v) is 3.43. The number of aromatic nitrogens is 5. The molecule has 0 aromatic carbocycles. The van der Waals surface area contributed by atoms with Gasteiger partial charge in [-0.05, 0) is 45.7 Å². The number of imidazole rings is 1. The lowest BCUT2D eigenvalue weighted by Crippen LogP contribution is -2.49. The third-order valence-corrected chi connectivity index (χ3v) is 5.16. The van der Waals surface area contributed by atoms with Gasteiger partial charge in [-0.25, -0.2) is 9.78 Å². The molecule has 0 spiro atoms. The molecule has 142 valence electrons. The van der Waals surface area contributed by atoms with E-state index < -0.39 is 11.5 Å². The minimum absolute atomic E-state index is 0.307. The van der Waals surface area contributed by atoms with E-state index in [0.29, 0.717) is 42.4 Å². The Morgan fingerprint density at radius 2 is 2.19 bits per heavy atom. The van der Waals surface area contributed by atoms with E-state index in [1.54, 1.807) is 18.2 Å². The maximum absolute atomic E-state index is 11.8. The van der Waals surface area contributed by atoms with Gasteiger partial charge in [0.2, 0.25) is 11.9 Å². The molecule has 27 heavy (non-hydrogen) atoms. The summed E-state index contributed by atoms with van der Waals surface area (Å²) in [5.74, 6) is 0.776. The highest BCUT2D eigenvalue weighted by Gasteiger charge is 2.45. The Morgan fingerprint density at radius 3 is 2.89 bits per heavy atom. The first kappa shape index (κ1) is 17.3. The normalized spacial score (nSPS) is 19.9. The first-order valence-electron chi connectivity index (χ1n) is 9.05. The van der Waals surface area contributed by atoms with E-state index in [4.69, 9.17) is 0 Å². The summed E-state index contributed by atoms with van der Waals surface area (Å²) in [6, 6.07) is 4.06. The SMILES string of the molecule is CC(C)n1cnc(Nc2nc(N3CCCC3(C)C(=O)O)nc3cccn23)c1. The molecule has 9 heteroatoms. The maximum Gasteiger partial charge on any atom is 0.329 e. The van der Waals surface area contributed by atoms with Crippen LogP contribution in [0, 0.1) is 0 Å². The number of rotatable bonds is 5. The van der Waals surface area contributed by atoms with Crippen molar-refractivity contribution in [2.45, 2.75) is 45.2 Å². The Hall–Kier alpha value is -3.10. The van der Waals surface area contributed by atoms with Crippen molar-refractivity contribution < 1.29 is 9.90 Å². The van der Waals surface area contributed by atoms with E-state index in [1.807, 2.05) is 33.5 Å². The van der Waals surface area contributed by atoms with Crippen LogP contribution in [0.25, 0.3) is 5.65 Å². The second kappa shape index (κ2) is 6.26. The van der Waals surface area contributed by atoms with Crippen LogP contribution >= 0.6 is 0 Å². The Labute approximate surface area is 156 Å². The van der Waals surface area contributed by atoms with Crippen LogP contribution in [0.1, 0.15) is 39.7 Å². The fraction of sp³-hybridized carbons (Fsp3) is 0.444. The van der Waals surface area contributed by atoms with Gasteiger partial charge in [-0.15, -0.1) is 0 Å². The van der Waals surface area contributed by atoms with E-state index in [9.17, 15) is 9.90 Å². The van der Waals surface area contributed by atoms with Crippen LogP contribution in [0.2, 0.25) is 0 Å². The number of carboxylic acids is 1. The zero-order valence-electron chi connectivity index (χ0n) is 15.6. The first-order valence-corrected chi connectivity index (χ1v) is 9.05. The zero-order chi connectivity index (χ0) is 19.2. The van der Waals surface area contributed by atoms with Crippen molar-refractivity contribution in [2.75, 3.05) is 16.8 Å². The summed E-state index contributed by atoms with van der Waals surface area (Å²) in [5, 5.41) is 12.9. The third kappa shape index (κ3) is 2.88. The number of aliphatic carboxylic acids is 1. The quantitative estimate of drug-likeness (QED) is 0.713. The molecule has 1 unspecified atom stereocenters. The van der Waals surface area contributed by atoms with Gasteiger partial charge < -0.3 is 19.9 Å². The van der Waals surface area contributed by atoms with Crippen LogP contribution in [0.4, 0.5) is 17.7 Å². The number of carbonyl (C=O) groups is 1. The monoisotopic (exact) mass is 369 g/mol. The number of hydrogen-bond acceptors (Lipinski definition) is 6. The average molecular weight is 369 g/mol. The minimum Gasteiger partial charge on any atom is -0.480 e. The van der Waals surface area contributed by atoms with Crippen LogP contribution < -0.4 is 10.2 Å². The van der Waals surface area contributed by atoms with Gasteiger partial charge in [-0.1, -0.05) is 0 Å². The van der Waals surface area contributed by atoms with Crippen molar-refractivity contribution in [3.8, 4) is 0 Å². The number of nitrogens with one attached hydrogen (secondary N) is 1. The van der Waals surface area contributed by atoms with Crippen molar-refractivity contribution in [2.24, 2.45) is 0 Å². The van der Waals surface area contributed by atoms with E-state index in [2.05, 4.69) is 34.1 Å². The molecule has 0 radical (unpaired) electrons. The predicted octanol–water partition coefficient (Wildman–Crippen LogP) is 2.69. The summed E-state index contributed by atoms with van der Waals surface area (Å²) >= 11 is 0. The van der Waals surface area contributed by atoms with Gasteiger partial charge in [0.05, 0.1) is 6.33 Å². The Kier molecular flexibility index (Phi) is 4.01. The van der Waals surface area contributed by atoms with Gasteiger partial charge in [0.15, 0.2) is 5.82 Å².